The number of benzene rings is 1. The van der Waals surface area contributed by atoms with Gasteiger partial charge in [-0.2, -0.15) is 0 Å². The predicted molar refractivity (Wildman–Crippen MR) is 88.0 cm³/mol. The Bertz CT molecular complexity index is 649. The summed E-state index contributed by atoms with van der Waals surface area (Å²) in [6.07, 6.45) is 2.44. The van der Waals surface area contributed by atoms with Crippen LogP contribution < -0.4 is 10.6 Å². The Balaban J connectivity index is 2.08. The maximum atomic E-state index is 12.6. The highest BCUT2D eigenvalue weighted by Gasteiger charge is 2.40. The van der Waals surface area contributed by atoms with Gasteiger partial charge in [0, 0.05) is 13.4 Å². The predicted octanol–water partition coefficient (Wildman–Crippen LogP) is 1.04. The van der Waals surface area contributed by atoms with E-state index in [4.69, 9.17) is 4.74 Å². The lowest BCUT2D eigenvalue weighted by atomic mass is 9.90. The lowest BCUT2D eigenvalue weighted by molar-refractivity contribution is -0.147. The number of nitrogens with one attached hydrogen (secondary N) is 2. The summed E-state index contributed by atoms with van der Waals surface area (Å²) in [6.45, 7) is 3.37. The van der Waals surface area contributed by atoms with Gasteiger partial charge < -0.3 is 15.4 Å². The molecule has 2 rings (SSSR count). The largest absolute Gasteiger partial charge is 0.368 e. The Hall–Kier alpha value is -1.44. The molecule has 1 fully saturated rings. The summed E-state index contributed by atoms with van der Waals surface area (Å²) >= 11 is 0. The van der Waals surface area contributed by atoms with Gasteiger partial charge in [0.25, 0.3) is 5.91 Å². The number of hydrogen-bond acceptors (Lipinski definition) is 5. The van der Waals surface area contributed by atoms with Gasteiger partial charge in [-0.1, -0.05) is 12.1 Å². The van der Waals surface area contributed by atoms with Crippen LogP contribution in [0.25, 0.3) is 0 Å². The number of carbonyl (C=O) groups is 1. The van der Waals surface area contributed by atoms with Crippen molar-refractivity contribution >= 4 is 15.7 Å². The highest BCUT2D eigenvalue weighted by atomic mass is 32.2. The van der Waals surface area contributed by atoms with Crippen molar-refractivity contribution in [3.63, 3.8) is 0 Å². The van der Waals surface area contributed by atoms with Crippen LogP contribution >= 0.6 is 0 Å². The van der Waals surface area contributed by atoms with Crippen molar-refractivity contribution in [3.05, 3.63) is 29.8 Å². The molecule has 0 spiro atoms. The molecular weight excluding hydrogens is 316 g/mol. The number of amides is 1. The van der Waals surface area contributed by atoms with E-state index < -0.39 is 15.4 Å². The van der Waals surface area contributed by atoms with Crippen LogP contribution in [0.4, 0.5) is 0 Å². The van der Waals surface area contributed by atoms with Crippen molar-refractivity contribution in [1.82, 2.24) is 10.6 Å². The molecule has 1 aliphatic heterocycles. The van der Waals surface area contributed by atoms with Gasteiger partial charge in [0.15, 0.2) is 9.84 Å². The summed E-state index contributed by atoms with van der Waals surface area (Å²) < 4.78 is 28.5. The summed E-state index contributed by atoms with van der Waals surface area (Å²) in [6, 6.07) is 6.35. The molecule has 1 unspecified atom stereocenters. The zero-order chi connectivity index (χ0) is 17.1. The average molecular weight is 340 g/mol. The molecule has 23 heavy (non-hydrogen) atoms. The molecule has 128 valence electrons. The molecular formula is C16H24N2O4S. The number of methoxy groups -OCH3 is 1. The van der Waals surface area contributed by atoms with E-state index in [-0.39, 0.29) is 16.8 Å². The van der Waals surface area contributed by atoms with Gasteiger partial charge in [-0.15, -0.1) is 0 Å². The first-order chi connectivity index (χ1) is 10.8. The standard InChI is InChI=1S/C16H24N2O4S/c1-12(13-4-6-14(7-5-13)23(3,20)21)18-15(19)16(22-2)8-10-17-11-9-16/h4-7,12,17H,8-11H2,1-3H3,(H,18,19). The van der Waals surface area contributed by atoms with E-state index >= 15 is 0 Å². The Morgan fingerprint density at radius 1 is 1.26 bits per heavy atom. The summed E-state index contributed by atoms with van der Waals surface area (Å²) in [5.74, 6) is -0.124. The summed E-state index contributed by atoms with van der Waals surface area (Å²) in [5.41, 5.74) is 0.0672. The molecule has 1 amide bonds. The van der Waals surface area contributed by atoms with E-state index in [1.54, 1.807) is 31.4 Å². The molecule has 0 aromatic heterocycles. The number of hydrogen-bond donors (Lipinski definition) is 2. The van der Waals surface area contributed by atoms with Crippen LogP contribution in [0.3, 0.4) is 0 Å². The second kappa shape index (κ2) is 6.98. The number of rotatable bonds is 5. The Morgan fingerprint density at radius 3 is 2.30 bits per heavy atom. The zero-order valence-electron chi connectivity index (χ0n) is 13.8. The minimum Gasteiger partial charge on any atom is -0.368 e. The molecule has 1 aliphatic rings. The van der Waals surface area contributed by atoms with Crippen molar-refractivity contribution in [2.24, 2.45) is 0 Å². The van der Waals surface area contributed by atoms with Gasteiger partial charge in [0.1, 0.15) is 5.60 Å². The Kier molecular flexibility index (Phi) is 5.44. The van der Waals surface area contributed by atoms with Crippen LogP contribution in [0.5, 0.6) is 0 Å². The molecule has 0 radical (unpaired) electrons. The van der Waals surface area contributed by atoms with E-state index in [0.717, 1.165) is 18.7 Å². The van der Waals surface area contributed by atoms with Gasteiger partial charge in [-0.25, -0.2) is 8.42 Å². The number of ether oxygens (including phenoxy) is 1. The number of carbonyl (C=O) groups excluding carboxylic acids is 1. The topological polar surface area (TPSA) is 84.5 Å². The molecule has 1 saturated heterocycles. The van der Waals surface area contributed by atoms with Crippen LogP contribution in [0, 0.1) is 0 Å². The zero-order valence-corrected chi connectivity index (χ0v) is 14.6. The van der Waals surface area contributed by atoms with E-state index in [0.29, 0.717) is 12.8 Å². The van der Waals surface area contributed by atoms with E-state index in [1.165, 1.54) is 6.26 Å². The fourth-order valence-electron chi connectivity index (χ4n) is 2.77. The molecule has 1 aromatic carbocycles. The molecule has 0 bridgehead atoms. The number of piperidine rings is 1. The normalized spacial score (nSPS) is 19.1. The van der Waals surface area contributed by atoms with Crippen LogP contribution in [0.2, 0.25) is 0 Å². The summed E-state index contributed by atoms with van der Waals surface area (Å²) in [7, 11) is -1.65. The fourth-order valence-corrected chi connectivity index (χ4v) is 3.40. The highest BCUT2D eigenvalue weighted by molar-refractivity contribution is 7.90. The summed E-state index contributed by atoms with van der Waals surface area (Å²) in [4.78, 5) is 12.9. The first kappa shape index (κ1) is 17.9. The van der Waals surface area contributed by atoms with Gasteiger partial charge in [-0.05, 0) is 50.6 Å². The summed E-state index contributed by atoms with van der Waals surface area (Å²) in [5, 5.41) is 6.19. The molecule has 0 aliphatic carbocycles. The first-order valence-electron chi connectivity index (χ1n) is 7.65. The van der Waals surface area contributed by atoms with Crippen LogP contribution in [0.1, 0.15) is 31.4 Å². The smallest absolute Gasteiger partial charge is 0.252 e. The molecule has 1 heterocycles. The van der Waals surface area contributed by atoms with Crippen LogP contribution in [-0.2, 0) is 19.4 Å². The molecule has 2 N–H and O–H groups in total. The lowest BCUT2D eigenvalue weighted by Gasteiger charge is -2.35. The second-order valence-electron chi connectivity index (χ2n) is 5.98. The quantitative estimate of drug-likeness (QED) is 0.836. The third kappa shape index (κ3) is 4.10. The maximum Gasteiger partial charge on any atom is 0.252 e. The van der Waals surface area contributed by atoms with Gasteiger partial charge in [0.2, 0.25) is 0 Å². The minimum atomic E-state index is -3.21. The lowest BCUT2D eigenvalue weighted by Crippen LogP contribution is -2.54. The van der Waals surface area contributed by atoms with Crippen molar-refractivity contribution in [3.8, 4) is 0 Å². The third-order valence-corrected chi connectivity index (χ3v) is 5.50. The average Bonchev–Trinajstić information content (AvgIpc) is 2.54. The third-order valence-electron chi connectivity index (χ3n) is 4.37. The fraction of sp³-hybridized carbons (Fsp3) is 0.562. The first-order valence-corrected chi connectivity index (χ1v) is 9.54. The van der Waals surface area contributed by atoms with Gasteiger partial charge >= 0.3 is 0 Å². The Morgan fingerprint density at radius 2 is 1.83 bits per heavy atom. The van der Waals surface area contributed by atoms with E-state index in [1.807, 2.05) is 6.92 Å². The molecule has 7 heteroatoms. The molecule has 1 aromatic rings. The van der Waals surface area contributed by atoms with E-state index in [2.05, 4.69) is 10.6 Å². The maximum absolute atomic E-state index is 12.6. The molecule has 6 nitrogen and oxygen atoms in total. The van der Waals surface area contributed by atoms with Gasteiger partial charge in [-0.3, -0.25) is 4.79 Å². The minimum absolute atomic E-state index is 0.124. The van der Waals surface area contributed by atoms with Crippen molar-refractivity contribution in [2.45, 2.75) is 36.3 Å². The highest BCUT2D eigenvalue weighted by Crippen LogP contribution is 2.24. The van der Waals surface area contributed by atoms with Crippen molar-refractivity contribution in [2.75, 3.05) is 26.5 Å². The van der Waals surface area contributed by atoms with E-state index in [9.17, 15) is 13.2 Å². The van der Waals surface area contributed by atoms with Crippen molar-refractivity contribution < 1.29 is 17.9 Å². The van der Waals surface area contributed by atoms with Crippen LogP contribution in [0.15, 0.2) is 29.2 Å². The Labute approximate surface area is 137 Å². The molecule has 0 saturated carbocycles. The SMILES string of the molecule is COC1(C(=O)NC(C)c2ccc(S(C)(=O)=O)cc2)CCNCC1. The monoisotopic (exact) mass is 340 g/mol. The second-order valence-corrected chi connectivity index (χ2v) is 8.00. The molecule has 1 atom stereocenters. The number of sulfone groups is 1. The van der Waals surface area contributed by atoms with Gasteiger partial charge in [0.05, 0.1) is 10.9 Å². The van der Waals surface area contributed by atoms with Crippen molar-refractivity contribution in [1.29, 1.82) is 0 Å². The van der Waals surface area contributed by atoms with Crippen LogP contribution in [-0.4, -0.2) is 46.4 Å².